The summed E-state index contributed by atoms with van der Waals surface area (Å²) in [5.74, 6) is -1.61. The number of ether oxygens (including phenoxy) is 3. The van der Waals surface area contributed by atoms with Crippen molar-refractivity contribution >= 4 is 17.9 Å². The number of unbranched alkanes of at least 4 members (excludes halogenated alkanes) is 5. The molecule has 0 amide bonds. The van der Waals surface area contributed by atoms with Gasteiger partial charge in [0, 0.05) is 19.3 Å². The second-order valence-corrected chi connectivity index (χ2v) is 13.2. The number of nitrogens with zero attached hydrogens (tertiary/aromatic N) is 1. The predicted octanol–water partition coefficient (Wildman–Crippen LogP) is 9.57. The zero-order valence-electron chi connectivity index (χ0n) is 32.3. The van der Waals surface area contributed by atoms with Crippen LogP contribution in [0.4, 0.5) is 0 Å². The summed E-state index contributed by atoms with van der Waals surface area (Å²) in [4.78, 5) is 36.7. The molecule has 8 nitrogen and oxygen atoms in total. The van der Waals surface area contributed by atoms with Crippen molar-refractivity contribution in [2.24, 2.45) is 0 Å². The normalized spacial score (nSPS) is 14.1. The van der Waals surface area contributed by atoms with Crippen molar-refractivity contribution < 1.29 is 38.2 Å². The molecule has 0 heterocycles. The summed E-state index contributed by atoms with van der Waals surface area (Å²) < 4.78 is 17.1. The molecule has 0 aromatic rings. The van der Waals surface area contributed by atoms with Crippen LogP contribution < -0.4 is 0 Å². The van der Waals surface area contributed by atoms with Crippen LogP contribution >= 0.6 is 0 Å². The van der Waals surface area contributed by atoms with E-state index in [9.17, 15) is 19.5 Å². The van der Waals surface area contributed by atoms with Crippen LogP contribution in [-0.2, 0) is 28.6 Å². The Balaban J connectivity index is 4.62. The third kappa shape index (κ3) is 31.9. The molecule has 1 N–H and O–H groups in total. The van der Waals surface area contributed by atoms with Crippen LogP contribution in [0.2, 0.25) is 0 Å². The number of rotatable bonds is 31. The van der Waals surface area contributed by atoms with Crippen LogP contribution in [0.5, 0.6) is 0 Å². The van der Waals surface area contributed by atoms with Gasteiger partial charge in [-0.25, -0.2) is 4.79 Å². The standard InChI is InChI=1S/C43H67NO7/c1-6-8-10-12-14-16-18-20-22-23-25-27-29-31-33-41(45)50-38-39(37-49-36-35-40(43(47)48)44(3,4)5)51-42(46)34-32-30-28-26-24-21-19-17-15-13-11-9-7-2/h8-11,13-17,19-22,24,26,28,39-40H,6-7,12,18,23,25,27,29-38H2,1-5H3/p+1/b10-8+,11-9+,15-13+,16-14+,19-17+,22-20+,24-21+,28-26+. The first-order valence-corrected chi connectivity index (χ1v) is 18.8. The number of aliphatic carboxylic acids is 1. The van der Waals surface area contributed by atoms with E-state index in [-0.39, 0.29) is 42.7 Å². The Morgan fingerprint density at radius 1 is 0.608 bits per heavy atom. The van der Waals surface area contributed by atoms with E-state index in [4.69, 9.17) is 14.2 Å². The highest BCUT2D eigenvalue weighted by Gasteiger charge is 2.31. The third-order valence-corrected chi connectivity index (χ3v) is 7.61. The van der Waals surface area contributed by atoms with Crippen molar-refractivity contribution in [3.63, 3.8) is 0 Å². The monoisotopic (exact) mass is 710 g/mol. The Morgan fingerprint density at radius 3 is 1.78 bits per heavy atom. The summed E-state index contributed by atoms with van der Waals surface area (Å²) in [5, 5.41) is 9.58. The molecule has 8 heteroatoms. The third-order valence-electron chi connectivity index (χ3n) is 7.61. The Hall–Kier alpha value is -3.75. The summed E-state index contributed by atoms with van der Waals surface area (Å²) in [6, 6.07) is -0.635. The van der Waals surface area contributed by atoms with E-state index >= 15 is 0 Å². The van der Waals surface area contributed by atoms with Crippen molar-refractivity contribution in [3.8, 4) is 0 Å². The minimum absolute atomic E-state index is 0.0179. The molecule has 0 rings (SSSR count). The van der Waals surface area contributed by atoms with Gasteiger partial charge in [0.2, 0.25) is 0 Å². The van der Waals surface area contributed by atoms with Gasteiger partial charge < -0.3 is 23.8 Å². The number of carboxylic acids is 1. The van der Waals surface area contributed by atoms with Crippen LogP contribution in [0.1, 0.15) is 104 Å². The minimum atomic E-state index is -0.896. The quantitative estimate of drug-likeness (QED) is 0.0252. The molecule has 2 unspecified atom stereocenters. The van der Waals surface area contributed by atoms with Crippen LogP contribution in [-0.4, -0.2) is 80.6 Å². The maximum Gasteiger partial charge on any atom is 0.362 e. The first kappa shape index (κ1) is 47.2. The van der Waals surface area contributed by atoms with Crippen molar-refractivity contribution in [1.29, 1.82) is 0 Å². The zero-order chi connectivity index (χ0) is 37.8. The molecule has 0 aliphatic heterocycles. The Kier molecular flexibility index (Phi) is 30.9. The lowest BCUT2D eigenvalue weighted by Gasteiger charge is -2.31. The lowest BCUT2D eigenvalue weighted by molar-refractivity contribution is -0.887. The van der Waals surface area contributed by atoms with Crippen molar-refractivity contribution in [1.82, 2.24) is 0 Å². The van der Waals surface area contributed by atoms with Gasteiger partial charge in [-0.1, -0.05) is 124 Å². The van der Waals surface area contributed by atoms with E-state index in [0.717, 1.165) is 57.8 Å². The van der Waals surface area contributed by atoms with Gasteiger partial charge in [-0.15, -0.1) is 0 Å². The lowest BCUT2D eigenvalue weighted by atomic mass is 10.1. The molecule has 286 valence electrons. The summed E-state index contributed by atoms with van der Waals surface area (Å²) in [7, 11) is 5.47. The van der Waals surface area contributed by atoms with E-state index in [2.05, 4.69) is 56.4 Å². The van der Waals surface area contributed by atoms with E-state index in [1.54, 1.807) is 0 Å². The van der Waals surface area contributed by atoms with Gasteiger partial charge in [0.15, 0.2) is 12.1 Å². The highest BCUT2D eigenvalue weighted by Crippen LogP contribution is 2.11. The van der Waals surface area contributed by atoms with Crippen molar-refractivity contribution in [2.75, 3.05) is 41.0 Å². The first-order chi connectivity index (χ1) is 24.6. The number of quaternary nitrogens is 1. The Labute approximate surface area is 309 Å². The maximum absolute atomic E-state index is 12.6. The molecule has 0 aromatic carbocycles. The highest BCUT2D eigenvalue weighted by atomic mass is 16.6. The minimum Gasteiger partial charge on any atom is -0.477 e. The SMILES string of the molecule is CC/C=C/C=C/C=C/C=C/C=C/CCCC(=O)OC(COCCC(C(=O)O)[N+](C)(C)C)COC(=O)CCCCCC/C=C/C/C=C/C/C=C/CC. The molecule has 0 fully saturated rings. The van der Waals surface area contributed by atoms with Gasteiger partial charge in [-0.2, -0.15) is 0 Å². The van der Waals surface area contributed by atoms with E-state index < -0.39 is 18.1 Å². The number of hydrogen-bond donors (Lipinski definition) is 1. The van der Waals surface area contributed by atoms with Crippen molar-refractivity contribution in [2.45, 2.75) is 116 Å². The van der Waals surface area contributed by atoms with Crippen molar-refractivity contribution in [3.05, 3.63) is 97.2 Å². The molecule has 0 aliphatic carbocycles. The fourth-order valence-electron chi connectivity index (χ4n) is 4.72. The number of carboxylic acid groups (broad SMARTS) is 1. The van der Waals surface area contributed by atoms with Gasteiger partial charge in [0.1, 0.15) is 6.61 Å². The Bertz CT molecular complexity index is 1150. The van der Waals surface area contributed by atoms with E-state index in [0.29, 0.717) is 25.7 Å². The average molecular weight is 711 g/mol. The Morgan fingerprint density at radius 2 is 1.16 bits per heavy atom. The second-order valence-electron chi connectivity index (χ2n) is 13.2. The van der Waals surface area contributed by atoms with Gasteiger partial charge in [-0.3, -0.25) is 9.59 Å². The first-order valence-electron chi connectivity index (χ1n) is 18.8. The van der Waals surface area contributed by atoms with E-state index in [1.807, 2.05) is 75.8 Å². The maximum atomic E-state index is 12.6. The summed E-state index contributed by atoms with van der Waals surface area (Å²) in [5.41, 5.74) is 0. The fourth-order valence-corrected chi connectivity index (χ4v) is 4.72. The smallest absolute Gasteiger partial charge is 0.362 e. The molecular formula is C43H68NO7+. The molecule has 0 saturated heterocycles. The topological polar surface area (TPSA) is 99.1 Å². The highest BCUT2D eigenvalue weighted by molar-refractivity contribution is 5.72. The number of carbonyl (C=O) groups is 3. The summed E-state index contributed by atoms with van der Waals surface area (Å²) in [6.45, 7) is 4.33. The van der Waals surface area contributed by atoms with Crippen LogP contribution in [0.3, 0.4) is 0 Å². The second kappa shape index (κ2) is 33.4. The summed E-state index contributed by atoms with van der Waals surface area (Å²) >= 11 is 0. The number of hydrogen-bond acceptors (Lipinski definition) is 6. The zero-order valence-corrected chi connectivity index (χ0v) is 32.3. The van der Waals surface area contributed by atoms with E-state index in [1.165, 1.54) is 0 Å². The number of esters is 2. The predicted molar refractivity (Wildman–Crippen MR) is 210 cm³/mol. The lowest BCUT2D eigenvalue weighted by Crippen LogP contribution is -2.50. The average Bonchev–Trinajstić information content (AvgIpc) is 3.08. The number of carbonyl (C=O) groups excluding carboxylic acids is 2. The van der Waals surface area contributed by atoms with Crippen LogP contribution in [0.25, 0.3) is 0 Å². The van der Waals surface area contributed by atoms with Gasteiger partial charge >= 0.3 is 17.9 Å². The molecule has 0 aliphatic rings. The largest absolute Gasteiger partial charge is 0.477 e. The van der Waals surface area contributed by atoms with Gasteiger partial charge in [0.25, 0.3) is 0 Å². The van der Waals surface area contributed by atoms with Crippen LogP contribution in [0, 0.1) is 0 Å². The summed E-state index contributed by atoms with van der Waals surface area (Å²) in [6.07, 6.45) is 43.2. The van der Waals surface area contributed by atoms with Crippen LogP contribution in [0.15, 0.2) is 97.2 Å². The molecule has 0 spiro atoms. The molecule has 2 atom stereocenters. The van der Waals surface area contributed by atoms with Gasteiger partial charge in [-0.05, 0) is 57.8 Å². The molecule has 0 radical (unpaired) electrons. The molecule has 0 bridgehead atoms. The number of allylic oxidation sites excluding steroid dienone is 16. The molecular weight excluding hydrogens is 642 g/mol. The molecule has 0 aromatic heterocycles. The molecule has 0 saturated carbocycles. The molecule has 51 heavy (non-hydrogen) atoms. The number of likely N-dealkylation sites (N-methyl/N-ethyl adjacent to an activating group) is 1. The fraction of sp³-hybridized carbons (Fsp3) is 0.558. The van der Waals surface area contributed by atoms with Gasteiger partial charge in [0.05, 0.1) is 34.4 Å².